The number of nitrogens with two attached hydrogens (primary N) is 1. The first-order chi connectivity index (χ1) is 14.4. The van der Waals surface area contributed by atoms with Crippen molar-refractivity contribution in [1.82, 2.24) is 24.9 Å². The molecule has 154 valence electrons. The molecule has 0 saturated heterocycles. The number of H-pyrrole nitrogens is 1. The van der Waals surface area contributed by atoms with Gasteiger partial charge in [-0.15, -0.1) is 0 Å². The topological polar surface area (TPSA) is 112 Å². The van der Waals surface area contributed by atoms with Crippen molar-refractivity contribution in [2.75, 3.05) is 19.6 Å². The minimum absolute atomic E-state index is 0.0292. The molecule has 1 atom stereocenters. The molecule has 0 amide bonds. The van der Waals surface area contributed by atoms with Crippen molar-refractivity contribution in [2.24, 2.45) is 0 Å². The molecule has 4 rings (SSSR count). The van der Waals surface area contributed by atoms with Crippen LogP contribution in [0.2, 0.25) is 0 Å². The number of nitrogen functional groups attached to an aromatic ring is 1. The Morgan fingerprint density at radius 2 is 2.10 bits per heavy atom. The average molecular weight is 473 g/mol. The zero-order valence-corrected chi connectivity index (χ0v) is 17.8. The predicted molar refractivity (Wildman–Crippen MR) is 113 cm³/mol. The quantitative estimate of drug-likeness (QED) is 0.410. The number of hydrogen-bond acceptors (Lipinski definition) is 7. The minimum atomic E-state index is -1.29. The van der Waals surface area contributed by atoms with Gasteiger partial charge in [-0.1, -0.05) is 0 Å². The van der Waals surface area contributed by atoms with Crippen molar-refractivity contribution in [2.45, 2.75) is 12.5 Å². The summed E-state index contributed by atoms with van der Waals surface area (Å²) in [4.78, 5) is 20.0. The Morgan fingerprint density at radius 1 is 1.27 bits per heavy atom. The third-order valence-electron chi connectivity index (χ3n) is 4.76. The van der Waals surface area contributed by atoms with Crippen LogP contribution in [0.4, 0.5) is 10.3 Å². The first-order valence-corrected chi connectivity index (χ1v) is 9.72. The van der Waals surface area contributed by atoms with Crippen molar-refractivity contribution in [3.8, 4) is 11.3 Å². The van der Waals surface area contributed by atoms with Crippen molar-refractivity contribution in [3.63, 3.8) is 0 Å². The fourth-order valence-corrected chi connectivity index (χ4v) is 3.60. The van der Waals surface area contributed by atoms with Crippen molar-refractivity contribution >= 4 is 32.9 Å². The van der Waals surface area contributed by atoms with Crippen molar-refractivity contribution in [3.05, 3.63) is 64.5 Å². The van der Waals surface area contributed by atoms with Crippen LogP contribution in [-0.2, 0) is 15.1 Å². The summed E-state index contributed by atoms with van der Waals surface area (Å²) in [5.41, 5.74) is 7.39. The second-order valence-electron chi connectivity index (χ2n) is 6.69. The number of nitrogens with zero attached hydrogens (tertiary/aromatic N) is 4. The smallest absolute Gasteiger partial charge is 0.220 e. The maximum atomic E-state index is 14.6. The van der Waals surface area contributed by atoms with E-state index in [1.54, 1.807) is 25.4 Å². The van der Waals surface area contributed by atoms with Crippen molar-refractivity contribution in [1.29, 1.82) is 0 Å². The summed E-state index contributed by atoms with van der Waals surface area (Å²) in [6.45, 7) is 1.62. The number of halogens is 2. The van der Waals surface area contributed by atoms with Crippen LogP contribution in [0.25, 0.3) is 22.3 Å². The first-order valence-electron chi connectivity index (χ1n) is 8.93. The number of aromatic nitrogens is 5. The zero-order chi connectivity index (χ0) is 21.3. The summed E-state index contributed by atoms with van der Waals surface area (Å²) < 4.78 is 26.4. The minimum Gasteiger partial charge on any atom is -0.368 e. The molecule has 0 radical (unpaired) electrons. The molecule has 3 N–H and O–H groups in total. The fraction of sp³-hybridized carbons (Fsp3) is 0.200. The van der Waals surface area contributed by atoms with E-state index in [1.807, 2.05) is 6.07 Å². The van der Waals surface area contributed by atoms with Gasteiger partial charge in [0.2, 0.25) is 5.95 Å². The highest BCUT2D eigenvalue weighted by Gasteiger charge is 2.35. The predicted octanol–water partition coefficient (Wildman–Crippen LogP) is 3.78. The molecule has 1 unspecified atom stereocenters. The second-order valence-corrected chi connectivity index (χ2v) is 7.60. The van der Waals surface area contributed by atoms with E-state index in [0.717, 1.165) is 21.6 Å². The summed E-state index contributed by atoms with van der Waals surface area (Å²) in [5.74, 6) is -0.503. The molecule has 0 saturated carbocycles. The molecule has 4 aromatic rings. The van der Waals surface area contributed by atoms with Crippen LogP contribution < -0.4 is 5.73 Å². The number of anilines is 1. The third-order valence-corrected chi connectivity index (χ3v) is 5.19. The van der Waals surface area contributed by atoms with Gasteiger partial charge in [0.25, 0.3) is 0 Å². The van der Waals surface area contributed by atoms with Crippen LogP contribution >= 0.6 is 15.9 Å². The molecule has 30 heavy (non-hydrogen) atoms. The number of rotatable bonds is 6. The lowest BCUT2D eigenvalue weighted by Crippen LogP contribution is -2.31. The number of fused-ring (bicyclic) bond motifs is 1. The summed E-state index contributed by atoms with van der Waals surface area (Å²) in [6.07, 6.45) is 6.10. The Bertz CT molecular complexity index is 1220. The fourth-order valence-electron chi connectivity index (χ4n) is 3.27. The Kier molecular flexibility index (Phi) is 5.46. The number of aromatic amines is 1. The summed E-state index contributed by atoms with van der Waals surface area (Å²) in [6, 6.07) is 5.18. The lowest BCUT2D eigenvalue weighted by molar-refractivity contribution is -0.110. The van der Waals surface area contributed by atoms with Gasteiger partial charge in [0.05, 0.1) is 17.6 Å². The van der Waals surface area contributed by atoms with Gasteiger partial charge in [-0.25, -0.2) is 19.3 Å². The van der Waals surface area contributed by atoms with E-state index in [-0.39, 0.29) is 18.3 Å². The largest absolute Gasteiger partial charge is 0.368 e. The normalized spacial score (nSPS) is 13.5. The second kappa shape index (κ2) is 8.05. The lowest BCUT2D eigenvalue weighted by atomic mass is 9.91. The lowest BCUT2D eigenvalue weighted by Gasteiger charge is -2.30. The number of methoxy groups -OCH3 is 1. The van der Waals surface area contributed by atoms with Crippen LogP contribution in [-0.4, -0.2) is 38.8 Å². The summed E-state index contributed by atoms with van der Waals surface area (Å²) in [5, 5.41) is 0.850. The summed E-state index contributed by atoms with van der Waals surface area (Å²) in [7, 11) is 1.49. The van der Waals surface area contributed by atoms with E-state index in [0.29, 0.717) is 17.0 Å². The standard InChI is InChI=1S/C20H18BrFN6O2/c1-20(30-10-29-2,14-3-4-24-9-15(14)22)17-6-16(27-19(23)28-17)13-8-26-18-12(13)5-11(21)7-25-18/h3-9H,10H2,1-2H3,(H,25,26)(H2,23,27,28). The molecular formula is C20H18BrFN6O2. The Hall–Kier alpha value is -2.95. The van der Waals surface area contributed by atoms with Gasteiger partial charge in [0, 0.05) is 46.7 Å². The van der Waals surface area contributed by atoms with E-state index in [1.165, 1.54) is 19.4 Å². The van der Waals surface area contributed by atoms with Crippen molar-refractivity contribution < 1.29 is 13.9 Å². The molecule has 0 aliphatic carbocycles. The number of hydrogen-bond donors (Lipinski definition) is 2. The van der Waals surface area contributed by atoms with Gasteiger partial charge in [0.1, 0.15) is 23.9 Å². The molecule has 0 aliphatic rings. The molecule has 4 aromatic heterocycles. The molecule has 0 aromatic carbocycles. The maximum Gasteiger partial charge on any atom is 0.220 e. The van der Waals surface area contributed by atoms with Gasteiger partial charge < -0.3 is 20.2 Å². The number of nitrogens with one attached hydrogen (secondary N) is 1. The molecule has 0 aliphatic heterocycles. The third kappa shape index (κ3) is 3.64. The first kappa shape index (κ1) is 20.3. The molecule has 10 heteroatoms. The number of ether oxygens (including phenoxy) is 2. The Morgan fingerprint density at radius 3 is 2.87 bits per heavy atom. The van der Waals surface area contributed by atoms with Gasteiger partial charge >= 0.3 is 0 Å². The van der Waals surface area contributed by atoms with Crippen LogP contribution in [0.1, 0.15) is 18.2 Å². The molecule has 4 heterocycles. The van der Waals surface area contributed by atoms with E-state index in [2.05, 4.69) is 40.8 Å². The monoisotopic (exact) mass is 472 g/mol. The van der Waals surface area contributed by atoms with E-state index in [9.17, 15) is 4.39 Å². The molecule has 0 spiro atoms. The SMILES string of the molecule is COCOC(C)(c1cc(-c2c[nH]c3ncc(Br)cc23)nc(N)n1)c1ccncc1F. The molecule has 0 bridgehead atoms. The Balaban J connectivity index is 1.90. The van der Waals surface area contributed by atoms with Crippen LogP contribution in [0, 0.1) is 5.82 Å². The molecule has 8 nitrogen and oxygen atoms in total. The number of pyridine rings is 2. The van der Waals surface area contributed by atoms with Gasteiger partial charge in [-0.05, 0) is 41.1 Å². The molecule has 0 fully saturated rings. The zero-order valence-electron chi connectivity index (χ0n) is 16.2. The van der Waals surface area contributed by atoms with Crippen LogP contribution in [0.15, 0.2) is 47.5 Å². The maximum absolute atomic E-state index is 14.6. The Labute approximate surface area is 179 Å². The van der Waals surface area contributed by atoms with E-state index >= 15 is 0 Å². The van der Waals surface area contributed by atoms with E-state index < -0.39 is 11.4 Å². The van der Waals surface area contributed by atoms with Gasteiger partial charge in [-0.2, -0.15) is 0 Å². The highest BCUT2D eigenvalue weighted by atomic mass is 79.9. The van der Waals surface area contributed by atoms with E-state index in [4.69, 9.17) is 15.2 Å². The van der Waals surface area contributed by atoms with Gasteiger partial charge in [-0.3, -0.25) is 4.98 Å². The van der Waals surface area contributed by atoms with Gasteiger partial charge in [0.15, 0.2) is 0 Å². The highest BCUT2D eigenvalue weighted by molar-refractivity contribution is 9.10. The highest BCUT2D eigenvalue weighted by Crippen LogP contribution is 2.36. The van der Waals surface area contributed by atoms with Crippen LogP contribution in [0.3, 0.4) is 0 Å². The molecular weight excluding hydrogens is 455 g/mol. The summed E-state index contributed by atoms with van der Waals surface area (Å²) >= 11 is 3.44. The van der Waals surface area contributed by atoms with Crippen LogP contribution in [0.5, 0.6) is 0 Å². The average Bonchev–Trinajstić information content (AvgIpc) is 3.15.